The van der Waals surface area contributed by atoms with Crippen molar-refractivity contribution in [2.45, 2.75) is 6.92 Å². The lowest BCUT2D eigenvalue weighted by Crippen LogP contribution is -2.09. The van der Waals surface area contributed by atoms with Crippen LogP contribution in [0.3, 0.4) is 0 Å². The van der Waals surface area contributed by atoms with Crippen LogP contribution < -0.4 is 5.43 Å². The zero-order valence-corrected chi connectivity index (χ0v) is 10.9. The minimum absolute atomic E-state index is 0.213. The Balaban J connectivity index is 2.98. The highest BCUT2D eigenvalue weighted by Crippen LogP contribution is 2.31. The van der Waals surface area contributed by atoms with Gasteiger partial charge in [0.05, 0.1) is 27.0 Å². The first-order valence-electron chi connectivity index (χ1n) is 4.58. The van der Waals surface area contributed by atoms with Gasteiger partial charge in [-0.2, -0.15) is 0 Å². The molecule has 2 aromatic rings. The lowest BCUT2D eigenvalue weighted by Gasteiger charge is -2.06. The molecule has 0 radical (unpaired) electrons. The maximum Gasteiger partial charge on any atom is 0.332 e. The number of halogens is 2. The van der Waals surface area contributed by atoms with Gasteiger partial charge in [-0.05, 0) is 34.5 Å². The zero-order valence-electron chi connectivity index (χ0n) is 8.58. The molecule has 7 heteroatoms. The van der Waals surface area contributed by atoms with Gasteiger partial charge in [-0.3, -0.25) is 14.9 Å². The molecule has 1 heterocycles. The molecule has 17 heavy (non-hydrogen) atoms. The van der Waals surface area contributed by atoms with Gasteiger partial charge in [0, 0.05) is 4.47 Å². The van der Waals surface area contributed by atoms with Crippen LogP contribution in [0.25, 0.3) is 10.9 Å². The van der Waals surface area contributed by atoms with Crippen LogP contribution in [-0.2, 0) is 0 Å². The van der Waals surface area contributed by atoms with Crippen LogP contribution in [0.15, 0.2) is 21.5 Å². The molecule has 2 rings (SSSR count). The van der Waals surface area contributed by atoms with Crippen LogP contribution in [0.5, 0.6) is 0 Å². The number of hydrogen-bond acceptors (Lipinski definition) is 3. The van der Waals surface area contributed by atoms with E-state index in [-0.39, 0.29) is 5.39 Å². The summed E-state index contributed by atoms with van der Waals surface area (Å²) in [4.78, 5) is 24.5. The van der Waals surface area contributed by atoms with E-state index in [0.29, 0.717) is 15.0 Å². The number of benzene rings is 1. The van der Waals surface area contributed by atoms with Gasteiger partial charge in [0.2, 0.25) is 0 Å². The van der Waals surface area contributed by atoms with E-state index >= 15 is 0 Å². The summed E-state index contributed by atoms with van der Waals surface area (Å²) in [5, 5.41) is 11.2. The second-order valence-electron chi connectivity index (χ2n) is 3.48. The van der Waals surface area contributed by atoms with Crippen molar-refractivity contribution >= 4 is 44.1 Å². The number of rotatable bonds is 1. The van der Waals surface area contributed by atoms with Crippen molar-refractivity contribution in [3.05, 3.63) is 47.7 Å². The summed E-state index contributed by atoms with van der Waals surface area (Å²) in [5.74, 6) is 0. The fourth-order valence-electron chi connectivity index (χ4n) is 1.60. The van der Waals surface area contributed by atoms with Gasteiger partial charge in [-0.1, -0.05) is 11.6 Å². The second kappa shape index (κ2) is 4.12. The maximum atomic E-state index is 11.9. The predicted molar refractivity (Wildman–Crippen MR) is 68.7 cm³/mol. The van der Waals surface area contributed by atoms with Crippen LogP contribution in [0.2, 0.25) is 5.02 Å². The quantitative estimate of drug-likeness (QED) is 0.648. The number of aromatic amines is 1. The Morgan fingerprint density at radius 3 is 2.76 bits per heavy atom. The van der Waals surface area contributed by atoms with Crippen molar-refractivity contribution in [2.75, 3.05) is 0 Å². The Bertz CT molecular complexity index is 696. The maximum absolute atomic E-state index is 11.9. The molecular formula is C10H6BrClN2O3. The summed E-state index contributed by atoms with van der Waals surface area (Å²) in [6.07, 6.45) is 1.10. The minimum atomic E-state index is -0.719. The average Bonchev–Trinajstić information content (AvgIpc) is 2.27. The molecule has 0 amide bonds. The van der Waals surface area contributed by atoms with E-state index in [1.54, 1.807) is 6.92 Å². The van der Waals surface area contributed by atoms with Crippen molar-refractivity contribution in [3.63, 3.8) is 0 Å². The predicted octanol–water partition coefficient (Wildman–Crippen LogP) is 3.16. The second-order valence-corrected chi connectivity index (χ2v) is 4.68. The molecule has 0 spiro atoms. The van der Waals surface area contributed by atoms with Gasteiger partial charge in [-0.25, -0.2) is 0 Å². The highest BCUT2D eigenvalue weighted by molar-refractivity contribution is 9.10. The summed E-state index contributed by atoms with van der Waals surface area (Å²) in [6, 6.07) is 1.42. The van der Waals surface area contributed by atoms with E-state index in [2.05, 4.69) is 20.9 Å². The average molecular weight is 318 g/mol. The third kappa shape index (κ3) is 1.83. The number of nitrogens with zero attached hydrogens (tertiary/aromatic N) is 1. The normalized spacial score (nSPS) is 10.8. The van der Waals surface area contributed by atoms with Gasteiger partial charge < -0.3 is 4.98 Å². The Labute approximate surface area is 109 Å². The van der Waals surface area contributed by atoms with Gasteiger partial charge in [0.1, 0.15) is 0 Å². The number of aryl methyl sites for hydroxylation is 1. The van der Waals surface area contributed by atoms with E-state index < -0.39 is 16.0 Å². The van der Waals surface area contributed by atoms with Gasteiger partial charge >= 0.3 is 5.69 Å². The van der Waals surface area contributed by atoms with Crippen molar-refractivity contribution in [1.29, 1.82) is 0 Å². The lowest BCUT2D eigenvalue weighted by atomic mass is 10.1. The topological polar surface area (TPSA) is 76.0 Å². The summed E-state index contributed by atoms with van der Waals surface area (Å²) in [5.41, 5.74) is 0.146. The molecule has 88 valence electrons. The summed E-state index contributed by atoms with van der Waals surface area (Å²) >= 11 is 9.21. The fourth-order valence-corrected chi connectivity index (χ4v) is 2.16. The Hall–Kier alpha value is -1.40. The summed E-state index contributed by atoms with van der Waals surface area (Å²) in [6.45, 7) is 1.76. The molecule has 0 aliphatic carbocycles. The van der Waals surface area contributed by atoms with Crippen LogP contribution in [0.1, 0.15) is 5.56 Å². The Kier molecular flexibility index (Phi) is 2.92. The molecule has 1 aromatic heterocycles. The van der Waals surface area contributed by atoms with E-state index in [0.717, 1.165) is 11.8 Å². The largest absolute Gasteiger partial charge is 0.355 e. The third-order valence-electron chi connectivity index (χ3n) is 2.48. The van der Waals surface area contributed by atoms with E-state index in [4.69, 9.17) is 11.6 Å². The van der Waals surface area contributed by atoms with Crippen LogP contribution in [0.4, 0.5) is 5.69 Å². The van der Waals surface area contributed by atoms with Gasteiger partial charge in [-0.15, -0.1) is 0 Å². The van der Waals surface area contributed by atoms with E-state index in [1.165, 1.54) is 6.07 Å². The first-order valence-corrected chi connectivity index (χ1v) is 5.75. The van der Waals surface area contributed by atoms with Gasteiger partial charge in [0.25, 0.3) is 5.43 Å². The summed E-state index contributed by atoms with van der Waals surface area (Å²) in [7, 11) is 0. The van der Waals surface area contributed by atoms with Crippen molar-refractivity contribution in [3.8, 4) is 0 Å². The monoisotopic (exact) mass is 316 g/mol. The first kappa shape index (κ1) is 12.1. The molecule has 0 aliphatic rings. The number of H-pyrrole nitrogens is 1. The molecule has 0 atom stereocenters. The third-order valence-corrected chi connectivity index (χ3v) is 4.03. The molecule has 0 aliphatic heterocycles. The van der Waals surface area contributed by atoms with Crippen molar-refractivity contribution in [2.24, 2.45) is 0 Å². The number of pyridine rings is 1. The standard InChI is InChI=1S/C10H6BrClN2O3/c1-4-8(11)6(12)2-5-9(4)13-3-7(10(5)15)14(16)17/h2-3H,1H3,(H,13,15). The molecule has 1 N–H and O–H groups in total. The van der Waals surface area contributed by atoms with Crippen molar-refractivity contribution in [1.82, 2.24) is 4.98 Å². The fraction of sp³-hybridized carbons (Fsp3) is 0.100. The van der Waals surface area contributed by atoms with E-state index in [1.807, 2.05) is 0 Å². The number of nitro groups is 1. The highest BCUT2D eigenvalue weighted by Gasteiger charge is 2.17. The SMILES string of the molecule is Cc1c(Br)c(Cl)cc2c(=O)c([N+](=O)[O-])c[nH]c12. The Morgan fingerprint density at radius 2 is 2.18 bits per heavy atom. The van der Waals surface area contributed by atoms with Crippen molar-refractivity contribution < 1.29 is 4.92 Å². The molecule has 0 fully saturated rings. The smallest absolute Gasteiger partial charge is 0.332 e. The number of aromatic nitrogens is 1. The molecule has 5 nitrogen and oxygen atoms in total. The van der Waals surface area contributed by atoms with Crippen LogP contribution >= 0.6 is 27.5 Å². The molecule has 0 saturated heterocycles. The lowest BCUT2D eigenvalue weighted by molar-refractivity contribution is -0.386. The molecular weight excluding hydrogens is 311 g/mol. The molecule has 0 unspecified atom stereocenters. The highest BCUT2D eigenvalue weighted by atomic mass is 79.9. The van der Waals surface area contributed by atoms with E-state index in [9.17, 15) is 14.9 Å². The molecule has 1 aromatic carbocycles. The number of nitrogens with one attached hydrogen (secondary N) is 1. The zero-order chi connectivity index (χ0) is 12.7. The first-order chi connectivity index (χ1) is 7.93. The van der Waals surface area contributed by atoms with Crippen LogP contribution in [0, 0.1) is 17.0 Å². The minimum Gasteiger partial charge on any atom is -0.355 e. The molecule has 0 saturated carbocycles. The summed E-state index contributed by atoms with van der Waals surface area (Å²) < 4.78 is 0.663. The molecule has 0 bridgehead atoms. The Morgan fingerprint density at radius 1 is 1.53 bits per heavy atom. The van der Waals surface area contributed by atoms with Crippen LogP contribution in [-0.4, -0.2) is 9.91 Å². The number of fused-ring (bicyclic) bond motifs is 1. The number of hydrogen-bond donors (Lipinski definition) is 1. The van der Waals surface area contributed by atoms with Gasteiger partial charge in [0.15, 0.2) is 0 Å².